The standard InChI is InChI=1S/C19H20N2O4/c1-13-3-6-16(14(2)9-13)10-18(22)21-20-11-15-4-7-17(8-5-15)25-12-19(23)24/h3-9,11H,10,12H2,1-2H3,(H,21,22)(H,23,24)/b20-11+. The summed E-state index contributed by atoms with van der Waals surface area (Å²) in [6.07, 6.45) is 1.78. The number of amides is 1. The van der Waals surface area contributed by atoms with Crippen molar-refractivity contribution in [3.05, 3.63) is 64.7 Å². The molecule has 0 saturated heterocycles. The van der Waals surface area contributed by atoms with Crippen molar-refractivity contribution >= 4 is 18.1 Å². The lowest BCUT2D eigenvalue weighted by molar-refractivity contribution is -0.139. The molecule has 6 heteroatoms. The zero-order valence-corrected chi connectivity index (χ0v) is 14.2. The molecular weight excluding hydrogens is 320 g/mol. The van der Waals surface area contributed by atoms with E-state index in [9.17, 15) is 9.59 Å². The largest absolute Gasteiger partial charge is 0.482 e. The Kier molecular flexibility index (Phi) is 6.28. The second-order valence-electron chi connectivity index (χ2n) is 5.65. The van der Waals surface area contributed by atoms with Crippen molar-refractivity contribution in [3.8, 4) is 5.75 Å². The number of hydrogen-bond acceptors (Lipinski definition) is 4. The predicted molar refractivity (Wildman–Crippen MR) is 94.9 cm³/mol. The van der Waals surface area contributed by atoms with E-state index in [0.29, 0.717) is 5.75 Å². The molecule has 0 spiro atoms. The van der Waals surface area contributed by atoms with Gasteiger partial charge in [-0.15, -0.1) is 0 Å². The number of aryl methyl sites for hydroxylation is 2. The number of carbonyl (C=O) groups is 2. The third kappa shape index (κ3) is 6.10. The zero-order chi connectivity index (χ0) is 18.2. The number of nitrogens with one attached hydrogen (secondary N) is 1. The maximum Gasteiger partial charge on any atom is 0.341 e. The number of benzene rings is 2. The highest BCUT2D eigenvalue weighted by molar-refractivity contribution is 5.83. The molecule has 2 N–H and O–H groups in total. The minimum atomic E-state index is -1.03. The highest BCUT2D eigenvalue weighted by Gasteiger charge is 2.05. The summed E-state index contributed by atoms with van der Waals surface area (Å²) in [6.45, 7) is 3.61. The summed E-state index contributed by atoms with van der Waals surface area (Å²) >= 11 is 0. The van der Waals surface area contributed by atoms with Crippen LogP contribution in [0.4, 0.5) is 0 Å². The molecule has 2 aromatic carbocycles. The first-order valence-electron chi connectivity index (χ1n) is 7.77. The Labute approximate surface area is 146 Å². The molecule has 0 aliphatic heterocycles. The van der Waals surface area contributed by atoms with Crippen LogP contribution in [0.5, 0.6) is 5.75 Å². The summed E-state index contributed by atoms with van der Waals surface area (Å²) < 4.78 is 5.04. The lowest BCUT2D eigenvalue weighted by atomic mass is 10.0. The number of ether oxygens (including phenoxy) is 1. The number of aliphatic carboxylic acids is 1. The van der Waals surface area contributed by atoms with Crippen molar-refractivity contribution in [3.63, 3.8) is 0 Å². The fraction of sp³-hybridized carbons (Fsp3) is 0.211. The maximum absolute atomic E-state index is 11.9. The van der Waals surface area contributed by atoms with Gasteiger partial charge >= 0.3 is 5.97 Å². The Morgan fingerprint density at radius 1 is 1.16 bits per heavy atom. The Balaban J connectivity index is 1.85. The molecule has 6 nitrogen and oxygen atoms in total. The van der Waals surface area contributed by atoms with Crippen molar-refractivity contribution in [2.24, 2.45) is 5.10 Å². The van der Waals surface area contributed by atoms with Crippen LogP contribution in [0.2, 0.25) is 0 Å². The molecule has 0 heterocycles. The molecule has 0 unspecified atom stereocenters. The fourth-order valence-electron chi connectivity index (χ4n) is 2.23. The van der Waals surface area contributed by atoms with Gasteiger partial charge in [0.05, 0.1) is 12.6 Å². The number of hydrogen-bond donors (Lipinski definition) is 2. The van der Waals surface area contributed by atoms with Crippen LogP contribution in [0.25, 0.3) is 0 Å². The topological polar surface area (TPSA) is 88.0 Å². The van der Waals surface area contributed by atoms with E-state index < -0.39 is 5.97 Å². The van der Waals surface area contributed by atoms with Crippen LogP contribution in [0.3, 0.4) is 0 Å². The molecule has 0 bridgehead atoms. The van der Waals surface area contributed by atoms with Gasteiger partial charge in [-0.05, 0) is 54.8 Å². The second-order valence-corrected chi connectivity index (χ2v) is 5.65. The van der Waals surface area contributed by atoms with Crippen molar-refractivity contribution in [1.82, 2.24) is 5.43 Å². The average Bonchev–Trinajstić information content (AvgIpc) is 2.56. The summed E-state index contributed by atoms with van der Waals surface area (Å²) in [5.74, 6) is -0.764. The Hall–Kier alpha value is -3.15. The average molecular weight is 340 g/mol. The van der Waals surface area contributed by atoms with Crippen molar-refractivity contribution in [1.29, 1.82) is 0 Å². The number of nitrogens with zero attached hydrogens (tertiary/aromatic N) is 1. The van der Waals surface area contributed by atoms with Gasteiger partial charge < -0.3 is 9.84 Å². The summed E-state index contributed by atoms with van der Waals surface area (Å²) in [4.78, 5) is 22.4. The smallest absolute Gasteiger partial charge is 0.341 e. The first kappa shape index (κ1) is 18.2. The van der Waals surface area contributed by atoms with Gasteiger partial charge in [0.15, 0.2) is 6.61 Å². The van der Waals surface area contributed by atoms with Gasteiger partial charge in [0, 0.05) is 0 Å². The van der Waals surface area contributed by atoms with E-state index >= 15 is 0 Å². The van der Waals surface area contributed by atoms with E-state index in [2.05, 4.69) is 10.5 Å². The van der Waals surface area contributed by atoms with Crippen LogP contribution >= 0.6 is 0 Å². The minimum absolute atomic E-state index is 0.190. The van der Waals surface area contributed by atoms with E-state index in [-0.39, 0.29) is 18.9 Å². The van der Waals surface area contributed by atoms with E-state index in [4.69, 9.17) is 9.84 Å². The number of carbonyl (C=O) groups excluding carboxylic acids is 1. The molecule has 0 aromatic heterocycles. The Morgan fingerprint density at radius 3 is 2.52 bits per heavy atom. The van der Waals surface area contributed by atoms with Crippen molar-refractivity contribution < 1.29 is 19.4 Å². The number of rotatable bonds is 7. The number of carboxylic acids is 1. The zero-order valence-electron chi connectivity index (χ0n) is 14.2. The van der Waals surface area contributed by atoms with Crippen LogP contribution in [0.1, 0.15) is 22.3 Å². The highest BCUT2D eigenvalue weighted by atomic mass is 16.5. The molecule has 2 rings (SSSR count). The molecule has 2 aromatic rings. The van der Waals surface area contributed by atoms with Gasteiger partial charge in [-0.1, -0.05) is 23.8 Å². The van der Waals surface area contributed by atoms with Crippen LogP contribution in [0.15, 0.2) is 47.6 Å². The van der Waals surface area contributed by atoms with Gasteiger partial charge in [0.2, 0.25) is 5.91 Å². The third-order valence-corrected chi connectivity index (χ3v) is 3.49. The molecule has 0 aliphatic rings. The quantitative estimate of drug-likeness (QED) is 0.599. The summed E-state index contributed by atoms with van der Waals surface area (Å²) in [7, 11) is 0. The van der Waals surface area contributed by atoms with Gasteiger partial charge in [0.25, 0.3) is 0 Å². The fourth-order valence-corrected chi connectivity index (χ4v) is 2.23. The second kappa shape index (κ2) is 8.63. The Bertz CT molecular complexity index is 783. The number of hydrazone groups is 1. The van der Waals surface area contributed by atoms with Crippen LogP contribution in [-0.4, -0.2) is 29.8 Å². The molecule has 0 aliphatic carbocycles. The van der Waals surface area contributed by atoms with Crippen LogP contribution in [-0.2, 0) is 16.0 Å². The first-order valence-corrected chi connectivity index (χ1v) is 7.77. The lowest BCUT2D eigenvalue weighted by Crippen LogP contribution is -2.20. The highest BCUT2D eigenvalue weighted by Crippen LogP contribution is 2.12. The van der Waals surface area contributed by atoms with Crippen molar-refractivity contribution in [2.75, 3.05) is 6.61 Å². The lowest BCUT2D eigenvalue weighted by Gasteiger charge is -2.06. The third-order valence-electron chi connectivity index (χ3n) is 3.49. The van der Waals surface area contributed by atoms with Gasteiger partial charge in [0.1, 0.15) is 5.75 Å². The Morgan fingerprint density at radius 2 is 1.88 bits per heavy atom. The summed E-state index contributed by atoms with van der Waals surface area (Å²) in [5, 5.41) is 12.5. The SMILES string of the molecule is Cc1ccc(CC(=O)N/N=C/c2ccc(OCC(=O)O)cc2)c(C)c1. The van der Waals surface area contributed by atoms with E-state index in [1.165, 1.54) is 6.21 Å². The first-order chi connectivity index (χ1) is 11.9. The van der Waals surface area contributed by atoms with Crippen LogP contribution in [0, 0.1) is 13.8 Å². The molecule has 0 fully saturated rings. The van der Waals surface area contributed by atoms with Crippen molar-refractivity contribution in [2.45, 2.75) is 20.3 Å². The van der Waals surface area contributed by atoms with Gasteiger partial charge in [-0.25, -0.2) is 10.2 Å². The number of carboxylic acid groups (broad SMARTS) is 1. The molecule has 25 heavy (non-hydrogen) atoms. The monoisotopic (exact) mass is 340 g/mol. The molecule has 130 valence electrons. The summed E-state index contributed by atoms with van der Waals surface area (Å²) in [6, 6.07) is 12.7. The maximum atomic E-state index is 11.9. The van der Waals surface area contributed by atoms with E-state index in [0.717, 1.165) is 22.3 Å². The molecule has 0 radical (unpaired) electrons. The molecular formula is C19H20N2O4. The molecule has 0 atom stereocenters. The predicted octanol–water partition coefficient (Wildman–Crippen LogP) is 2.46. The van der Waals surface area contributed by atoms with Gasteiger partial charge in [-0.2, -0.15) is 5.10 Å². The van der Waals surface area contributed by atoms with E-state index in [1.807, 2.05) is 32.0 Å². The summed E-state index contributed by atoms with van der Waals surface area (Å²) in [5.41, 5.74) is 6.47. The normalized spacial score (nSPS) is 10.6. The van der Waals surface area contributed by atoms with Crippen LogP contribution < -0.4 is 10.2 Å². The van der Waals surface area contributed by atoms with E-state index in [1.54, 1.807) is 24.3 Å². The molecule has 0 saturated carbocycles. The van der Waals surface area contributed by atoms with Gasteiger partial charge in [-0.3, -0.25) is 4.79 Å². The molecule has 1 amide bonds. The minimum Gasteiger partial charge on any atom is -0.482 e.